The molecule has 28 heavy (non-hydrogen) atoms. The molecule has 1 amide bonds. The van der Waals surface area contributed by atoms with Gasteiger partial charge >= 0.3 is 5.92 Å². The van der Waals surface area contributed by atoms with E-state index in [1.54, 1.807) is 37.3 Å². The van der Waals surface area contributed by atoms with Gasteiger partial charge < -0.3 is 14.8 Å². The highest BCUT2D eigenvalue weighted by Crippen LogP contribution is 2.34. The van der Waals surface area contributed by atoms with E-state index in [4.69, 9.17) is 0 Å². The molecule has 0 saturated carbocycles. The number of aryl methyl sites for hydroxylation is 1. The summed E-state index contributed by atoms with van der Waals surface area (Å²) in [6.07, 6.45) is 3.50. The van der Waals surface area contributed by atoms with Crippen molar-refractivity contribution in [3.05, 3.63) is 30.4 Å². The molecule has 0 unspecified atom stereocenters. The van der Waals surface area contributed by atoms with Crippen LogP contribution in [0.1, 0.15) is 26.6 Å². The number of nitrogens with one attached hydrogen (secondary N) is 1. The van der Waals surface area contributed by atoms with Gasteiger partial charge in [-0.2, -0.15) is 8.78 Å². The van der Waals surface area contributed by atoms with E-state index in [1.807, 2.05) is 17.7 Å². The van der Waals surface area contributed by atoms with E-state index in [1.165, 1.54) is 6.92 Å². The third-order valence-electron chi connectivity index (χ3n) is 4.25. The van der Waals surface area contributed by atoms with Crippen molar-refractivity contribution in [3.63, 3.8) is 0 Å². The zero-order chi connectivity index (χ0) is 20.6. The Balaban J connectivity index is 2.27. The Bertz CT molecular complexity index is 1040. The number of carbonyl (C=O) groups is 1. The first-order valence-electron chi connectivity index (χ1n) is 8.81. The standard InChI is InChI=1S/C19H22F2N6O/c1-6-27-10-13(12-7-16(23-11(2)28)22-9-15(12)27)14-8-17(26(4)5)25-18(24-14)19(3,20)21/h7-10H,6H2,1-5H3,(H,22,23,28). The first-order valence-corrected chi connectivity index (χ1v) is 8.81. The molecule has 0 aliphatic rings. The summed E-state index contributed by atoms with van der Waals surface area (Å²) in [6.45, 7) is 4.81. The van der Waals surface area contributed by atoms with Crippen molar-refractivity contribution in [2.75, 3.05) is 24.3 Å². The summed E-state index contributed by atoms with van der Waals surface area (Å²) in [5.74, 6) is -3.18. The van der Waals surface area contributed by atoms with Crippen LogP contribution in [0.15, 0.2) is 24.5 Å². The van der Waals surface area contributed by atoms with Crippen LogP contribution >= 0.6 is 0 Å². The van der Waals surface area contributed by atoms with Gasteiger partial charge in [-0.05, 0) is 13.0 Å². The Morgan fingerprint density at radius 3 is 2.57 bits per heavy atom. The highest BCUT2D eigenvalue weighted by atomic mass is 19.3. The maximum atomic E-state index is 14.0. The number of amides is 1. The molecular formula is C19H22F2N6O. The highest BCUT2D eigenvalue weighted by Gasteiger charge is 2.30. The Kier molecular flexibility index (Phi) is 5.01. The van der Waals surface area contributed by atoms with Crippen LogP contribution in [0.3, 0.4) is 0 Å². The number of aromatic nitrogens is 4. The molecule has 1 N–H and O–H groups in total. The lowest BCUT2D eigenvalue weighted by atomic mass is 10.1. The van der Waals surface area contributed by atoms with Gasteiger partial charge in [-0.15, -0.1) is 0 Å². The molecule has 0 saturated heterocycles. The molecule has 7 nitrogen and oxygen atoms in total. The summed E-state index contributed by atoms with van der Waals surface area (Å²) in [7, 11) is 3.47. The minimum absolute atomic E-state index is 0.242. The van der Waals surface area contributed by atoms with Gasteiger partial charge in [-0.1, -0.05) is 0 Å². The van der Waals surface area contributed by atoms with Crippen LogP contribution < -0.4 is 10.2 Å². The SMILES string of the molecule is CCn1cc(-c2cc(N(C)C)nc(C(C)(F)F)n2)c2cc(NC(C)=O)ncc21. The summed E-state index contributed by atoms with van der Waals surface area (Å²) in [5, 5.41) is 3.41. The molecular weight excluding hydrogens is 366 g/mol. The molecule has 148 valence electrons. The quantitative estimate of drug-likeness (QED) is 0.722. The van der Waals surface area contributed by atoms with Gasteiger partial charge in [0.05, 0.1) is 17.4 Å². The summed E-state index contributed by atoms with van der Waals surface area (Å²) in [4.78, 5) is 25.4. The van der Waals surface area contributed by atoms with Gasteiger partial charge in [0.15, 0.2) is 0 Å². The Morgan fingerprint density at radius 2 is 2.00 bits per heavy atom. The molecule has 0 aromatic carbocycles. The molecule has 3 aromatic heterocycles. The zero-order valence-corrected chi connectivity index (χ0v) is 16.4. The maximum absolute atomic E-state index is 14.0. The van der Waals surface area contributed by atoms with Gasteiger partial charge in [-0.3, -0.25) is 4.79 Å². The number of alkyl halides is 2. The molecule has 0 radical (unpaired) electrons. The second-order valence-electron chi connectivity index (χ2n) is 6.81. The Morgan fingerprint density at radius 1 is 1.29 bits per heavy atom. The van der Waals surface area contributed by atoms with Crippen molar-refractivity contribution in [2.24, 2.45) is 0 Å². The lowest BCUT2D eigenvalue weighted by Gasteiger charge is -2.16. The van der Waals surface area contributed by atoms with E-state index in [0.717, 1.165) is 17.8 Å². The molecule has 3 heterocycles. The number of anilines is 2. The zero-order valence-electron chi connectivity index (χ0n) is 16.4. The first kappa shape index (κ1) is 19.7. The number of nitrogens with zero attached hydrogens (tertiary/aromatic N) is 5. The minimum atomic E-state index is -3.17. The van der Waals surface area contributed by atoms with Gasteiger partial charge in [0.1, 0.15) is 11.6 Å². The van der Waals surface area contributed by atoms with Crippen molar-refractivity contribution >= 4 is 28.4 Å². The van der Waals surface area contributed by atoms with Crippen molar-refractivity contribution in [2.45, 2.75) is 33.2 Å². The average Bonchev–Trinajstić information content (AvgIpc) is 2.98. The number of hydrogen-bond donors (Lipinski definition) is 1. The third kappa shape index (κ3) is 3.78. The van der Waals surface area contributed by atoms with E-state index >= 15 is 0 Å². The van der Waals surface area contributed by atoms with Crippen molar-refractivity contribution in [1.29, 1.82) is 0 Å². The van der Waals surface area contributed by atoms with E-state index in [-0.39, 0.29) is 5.91 Å². The van der Waals surface area contributed by atoms with E-state index in [9.17, 15) is 13.6 Å². The molecule has 3 aromatic rings. The summed E-state index contributed by atoms with van der Waals surface area (Å²) in [6, 6.07) is 3.39. The van der Waals surface area contributed by atoms with Crippen LogP contribution in [0.25, 0.3) is 22.2 Å². The van der Waals surface area contributed by atoms with Gasteiger partial charge in [-0.25, -0.2) is 15.0 Å². The first-order chi connectivity index (χ1) is 13.1. The van der Waals surface area contributed by atoms with E-state index in [2.05, 4.69) is 20.3 Å². The number of hydrogen-bond acceptors (Lipinski definition) is 5. The number of pyridine rings is 1. The highest BCUT2D eigenvalue weighted by molar-refractivity contribution is 5.98. The smallest absolute Gasteiger partial charge is 0.303 e. The van der Waals surface area contributed by atoms with Gasteiger partial charge in [0, 0.05) is 57.7 Å². The maximum Gasteiger partial charge on any atom is 0.303 e. The predicted octanol–water partition coefficient (Wildman–Crippen LogP) is 3.65. The largest absolute Gasteiger partial charge is 0.363 e. The van der Waals surface area contributed by atoms with Crippen LogP contribution in [-0.4, -0.2) is 39.5 Å². The van der Waals surface area contributed by atoms with Gasteiger partial charge in [0.25, 0.3) is 0 Å². The van der Waals surface area contributed by atoms with E-state index < -0.39 is 11.7 Å². The molecule has 0 fully saturated rings. The molecule has 0 spiro atoms. The fourth-order valence-electron chi connectivity index (χ4n) is 2.90. The summed E-state index contributed by atoms with van der Waals surface area (Å²) < 4.78 is 29.9. The number of rotatable bonds is 5. The van der Waals surface area contributed by atoms with Crippen molar-refractivity contribution in [1.82, 2.24) is 19.5 Å². The van der Waals surface area contributed by atoms with Crippen LogP contribution in [0.2, 0.25) is 0 Å². The van der Waals surface area contributed by atoms with E-state index in [0.29, 0.717) is 29.4 Å². The second kappa shape index (κ2) is 7.14. The van der Waals surface area contributed by atoms with Crippen LogP contribution in [0.5, 0.6) is 0 Å². The van der Waals surface area contributed by atoms with Crippen LogP contribution in [0.4, 0.5) is 20.4 Å². The fraction of sp³-hybridized carbons (Fsp3) is 0.368. The molecule has 0 aliphatic heterocycles. The van der Waals surface area contributed by atoms with Crippen LogP contribution in [-0.2, 0) is 17.3 Å². The number of fused-ring (bicyclic) bond motifs is 1. The summed E-state index contributed by atoms with van der Waals surface area (Å²) >= 11 is 0. The normalized spacial score (nSPS) is 11.7. The van der Waals surface area contributed by atoms with Crippen LogP contribution in [0, 0.1) is 0 Å². The number of halogens is 2. The van der Waals surface area contributed by atoms with Crippen molar-refractivity contribution in [3.8, 4) is 11.3 Å². The molecule has 9 heteroatoms. The van der Waals surface area contributed by atoms with Gasteiger partial charge in [0.2, 0.25) is 11.7 Å². The third-order valence-corrected chi connectivity index (χ3v) is 4.25. The summed E-state index contributed by atoms with van der Waals surface area (Å²) in [5.41, 5.74) is 1.87. The molecule has 0 atom stereocenters. The lowest BCUT2D eigenvalue weighted by molar-refractivity contribution is -0.114. The Labute approximate surface area is 161 Å². The number of carbonyl (C=O) groups excluding carboxylic acids is 1. The minimum Gasteiger partial charge on any atom is -0.363 e. The fourth-order valence-corrected chi connectivity index (χ4v) is 2.90. The lowest BCUT2D eigenvalue weighted by Crippen LogP contribution is -2.18. The monoisotopic (exact) mass is 388 g/mol. The molecule has 0 aliphatic carbocycles. The predicted molar refractivity (Wildman–Crippen MR) is 105 cm³/mol. The second-order valence-corrected chi connectivity index (χ2v) is 6.81. The molecule has 0 bridgehead atoms. The average molecular weight is 388 g/mol. The Hall–Kier alpha value is -3.10. The topological polar surface area (TPSA) is 75.9 Å². The molecule has 3 rings (SSSR count). The van der Waals surface area contributed by atoms with Crippen molar-refractivity contribution < 1.29 is 13.6 Å².